The second-order valence-corrected chi connectivity index (χ2v) is 5.89. The summed E-state index contributed by atoms with van der Waals surface area (Å²) >= 11 is 0. The summed E-state index contributed by atoms with van der Waals surface area (Å²) in [5.74, 6) is 0. The largest absolute Gasteiger partial charge is 0.399 e. The molecule has 2 heterocycles. The molecule has 1 aromatic rings. The molecule has 2 saturated heterocycles. The molecule has 0 aliphatic carbocycles. The second kappa shape index (κ2) is 4.47. The van der Waals surface area contributed by atoms with E-state index < -0.39 is 0 Å². The van der Waals surface area contributed by atoms with E-state index in [2.05, 4.69) is 35.9 Å². The van der Waals surface area contributed by atoms with Gasteiger partial charge in [-0.1, -0.05) is 0 Å². The average molecular weight is 245 g/mol. The van der Waals surface area contributed by atoms with Crippen LogP contribution in [0, 0.1) is 6.92 Å². The molecule has 2 aliphatic rings. The van der Waals surface area contributed by atoms with E-state index in [0.717, 1.165) is 30.9 Å². The highest BCUT2D eigenvalue weighted by Crippen LogP contribution is 2.31. The number of fused-ring (bicyclic) bond motifs is 2. The van der Waals surface area contributed by atoms with Gasteiger partial charge in [-0.15, -0.1) is 0 Å². The summed E-state index contributed by atoms with van der Waals surface area (Å²) in [6.45, 7) is 4.43. The fraction of sp³-hybridized carbons (Fsp3) is 0.600. The van der Waals surface area contributed by atoms with Crippen LogP contribution in [0.3, 0.4) is 0 Å². The topological polar surface area (TPSA) is 32.5 Å². The number of nitrogens with zero attached hydrogens (tertiary/aromatic N) is 2. The van der Waals surface area contributed by atoms with Crippen LogP contribution in [-0.2, 0) is 0 Å². The first-order valence-corrected chi connectivity index (χ1v) is 6.97. The molecule has 2 bridgehead atoms. The predicted molar refractivity (Wildman–Crippen MR) is 77.0 cm³/mol. The number of nitrogen functional groups attached to an aromatic ring is 1. The van der Waals surface area contributed by atoms with Crippen LogP contribution in [0.1, 0.15) is 24.8 Å². The lowest BCUT2D eigenvalue weighted by atomic mass is 10.1. The van der Waals surface area contributed by atoms with Gasteiger partial charge in [-0.25, -0.2) is 0 Å². The Morgan fingerprint density at radius 2 is 1.89 bits per heavy atom. The lowest BCUT2D eigenvalue weighted by Crippen LogP contribution is -2.36. The zero-order valence-electron chi connectivity index (χ0n) is 11.4. The minimum absolute atomic E-state index is 0.722. The zero-order chi connectivity index (χ0) is 12.7. The molecule has 2 unspecified atom stereocenters. The van der Waals surface area contributed by atoms with Gasteiger partial charge in [0.2, 0.25) is 0 Å². The Bertz CT molecular complexity index is 423. The molecular weight excluding hydrogens is 222 g/mol. The minimum atomic E-state index is 0.722. The number of benzene rings is 1. The maximum Gasteiger partial charge on any atom is 0.0390 e. The standard InChI is InChI=1S/C15H23N3/c1-11-7-12(16)9-15(8-11)18-6-5-13-3-4-14(10-18)17(13)2/h7-9,13-14H,3-6,10,16H2,1-2H3. The van der Waals surface area contributed by atoms with Crippen LogP contribution in [0.15, 0.2) is 18.2 Å². The van der Waals surface area contributed by atoms with E-state index in [-0.39, 0.29) is 0 Å². The van der Waals surface area contributed by atoms with Crippen molar-refractivity contribution in [1.82, 2.24) is 4.90 Å². The molecule has 98 valence electrons. The van der Waals surface area contributed by atoms with Gasteiger partial charge in [0.25, 0.3) is 0 Å². The van der Waals surface area contributed by atoms with Crippen LogP contribution in [-0.4, -0.2) is 37.1 Å². The van der Waals surface area contributed by atoms with E-state index in [1.807, 2.05) is 6.07 Å². The molecule has 3 rings (SSSR count). The number of rotatable bonds is 1. The van der Waals surface area contributed by atoms with Crippen molar-refractivity contribution in [3.05, 3.63) is 23.8 Å². The van der Waals surface area contributed by atoms with E-state index >= 15 is 0 Å². The van der Waals surface area contributed by atoms with Gasteiger partial charge in [-0.3, -0.25) is 4.90 Å². The van der Waals surface area contributed by atoms with Crippen molar-refractivity contribution in [2.24, 2.45) is 0 Å². The highest BCUT2D eigenvalue weighted by Gasteiger charge is 2.34. The molecule has 0 aromatic heterocycles. The Balaban J connectivity index is 1.84. The summed E-state index contributed by atoms with van der Waals surface area (Å²) < 4.78 is 0. The third-order valence-electron chi connectivity index (χ3n) is 4.60. The van der Waals surface area contributed by atoms with E-state index in [9.17, 15) is 0 Å². The minimum Gasteiger partial charge on any atom is -0.399 e. The number of hydrogen-bond acceptors (Lipinski definition) is 3. The van der Waals surface area contributed by atoms with Crippen molar-refractivity contribution in [2.75, 3.05) is 30.8 Å². The first-order chi connectivity index (χ1) is 8.63. The fourth-order valence-corrected chi connectivity index (χ4v) is 3.52. The van der Waals surface area contributed by atoms with Crippen molar-refractivity contribution in [2.45, 2.75) is 38.3 Å². The summed E-state index contributed by atoms with van der Waals surface area (Å²) in [5.41, 5.74) is 9.41. The first kappa shape index (κ1) is 11.8. The molecule has 18 heavy (non-hydrogen) atoms. The quantitative estimate of drug-likeness (QED) is 0.770. The van der Waals surface area contributed by atoms with Gasteiger partial charge in [0, 0.05) is 36.5 Å². The molecule has 3 heteroatoms. The van der Waals surface area contributed by atoms with Gasteiger partial charge in [0.1, 0.15) is 0 Å². The number of nitrogens with two attached hydrogens (primary N) is 1. The summed E-state index contributed by atoms with van der Waals surface area (Å²) in [4.78, 5) is 5.10. The van der Waals surface area contributed by atoms with Crippen molar-refractivity contribution in [1.29, 1.82) is 0 Å². The van der Waals surface area contributed by atoms with Gasteiger partial charge in [-0.05, 0) is 57.0 Å². The molecule has 0 amide bonds. The molecule has 2 N–H and O–H groups in total. The Morgan fingerprint density at radius 3 is 2.67 bits per heavy atom. The van der Waals surface area contributed by atoms with E-state index in [0.29, 0.717) is 0 Å². The normalized spacial score (nSPS) is 28.4. The van der Waals surface area contributed by atoms with Gasteiger partial charge in [-0.2, -0.15) is 0 Å². The molecule has 0 radical (unpaired) electrons. The SMILES string of the molecule is Cc1cc(N)cc(N2CCC3CCC(C2)N3C)c1. The zero-order valence-corrected chi connectivity index (χ0v) is 11.4. The van der Waals surface area contributed by atoms with Crippen molar-refractivity contribution >= 4 is 11.4 Å². The predicted octanol–water partition coefficient (Wildman–Crippen LogP) is 2.25. The number of hydrogen-bond donors (Lipinski definition) is 1. The number of aryl methyl sites for hydroxylation is 1. The van der Waals surface area contributed by atoms with Gasteiger partial charge in [0.05, 0.1) is 0 Å². The molecule has 2 atom stereocenters. The van der Waals surface area contributed by atoms with Crippen molar-refractivity contribution in [3.8, 4) is 0 Å². The van der Waals surface area contributed by atoms with Crippen LogP contribution < -0.4 is 10.6 Å². The average Bonchev–Trinajstić information content (AvgIpc) is 2.51. The summed E-state index contributed by atoms with van der Waals surface area (Å²) in [7, 11) is 2.29. The lowest BCUT2D eigenvalue weighted by Gasteiger charge is -2.28. The van der Waals surface area contributed by atoms with Crippen LogP contribution in [0.2, 0.25) is 0 Å². The molecule has 0 spiro atoms. The maximum absolute atomic E-state index is 5.97. The third kappa shape index (κ3) is 2.07. The molecule has 2 fully saturated rings. The highest BCUT2D eigenvalue weighted by molar-refractivity contribution is 5.58. The summed E-state index contributed by atoms with van der Waals surface area (Å²) in [5, 5.41) is 0. The lowest BCUT2D eigenvalue weighted by molar-refractivity contribution is 0.254. The van der Waals surface area contributed by atoms with Gasteiger partial charge < -0.3 is 10.6 Å². The van der Waals surface area contributed by atoms with Crippen molar-refractivity contribution < 1.29 is 0 Å². The molecule has 3 nitrogen and oxygen atoms in total. The second-order valence-electron chi connectivity index (χ2n) is 5.89. The number of likely N-dealkylation sites (N-methyl/N-ethyl adjacent to an activating group) is 1. The molecular formula is C15H23N3. The summed E-state index contributed by atoms with van der Waals surface area (Å²) in [6, 6.07) is 7.93. The van der Waals surface area contributed by atoms with E-state index in [1.54, 1.807) is 0 Å². The van der Waals surface area contributed by atoms with E-state index in [4.69, 9.17) is 5.73 Å². The van der Waals surface area contributed by atoms with Crippen LogP contribution >= 0.6 is 0 Å². The van der Waals surface area contributed by atoms with Gasteiger partial charge >= 0.3 is 0 Å². The third-order valence-corrected chi connectivity index (χ3v) is 4.60. The molecule has 2 aliphatic heterocycles. The summed E-state index contributed by atoms with van der Waals surface area (Å²) in [6.07, 6.45) is 4.00. The maximum atomic E-state index is 5.97. The Labute approximate surface area is 110 Å². The molecule has 0 saturated carbocycles. The smallest absolute Gasteiger partial charge is 0.0390 e. The Kier molecular flexibility index (Phi) is 2.94. The van der Waals surface area contributed by atoms with Crippen LogP contribution in [0.4, 0.5) is 11.4 Å². The van der Waals surface area contributed by atoms with Gasteiger partial charge in [0.15, 0.2) is 0 Å². The monoisotopic (exact) mass is 245 g/mol. The molecule has 1 aromatic carbocycles. The number of anilines is 2. The first-order valence-electron chi connectivity index (χ1n) is 6.97. The fourth-order valence-electron chi connectivity index (χ4n) is 3.52. The Hall–Kier alpha value is -1.22. The van der Waals surface area contributed by atoms with Crippen LogP contribution in [0.25, 0.3) is 0 Å². The van der Waals surface area contributed by atoms with E-state index in [1.165, 1.54) is 30.5 Å². The van der Waals surface area contributed by atoms with Crippen molar-refractivity contribution in [3.63, 3.8) is 0 Å². The highest BCUT2D eigenvalue weighted by atomic mass is 15.3. The van der Waals surface area contributed by atoms with Crippen LogP contribution in [0.5, 0.6) is 0 Å². The Morgan fingerprint density at radius 1 is 1.11 bits per heavy atom.